The zero-order chi connectivity index (χ0) is 19.7. The molecule has 0 aromatic heterocycles. The molecule has 2 aliphatic carbocycles. The van der Waals surface area contributed by atoms with Crippen molar-refractivity contribution < 1.29 is 28.6 Å². The van der Waals surface area contributed by atoms with Gasteiger partial charge in [0.05, 0.1) is 5.92 Å². The number of hydrogen-bond donors (Lipinski definition) is 1. The largest absolute Gasteiger partial charge is 0.454 e. The topological polar surface area (TPSA) is 90.9 Å². The monoisotopic (exact) mass is 387 g/mol. The summed E-state index contributed by atoms with van der Waals surface area (Å²) in [6.45, 7) is 2.08. The molecule has 150 valence electrons. The van der Waals surface area contributed by atoms with E-state index < -0.39 is 6.10 Å². The maximum Gasteiger partial charge on any atom is 0.309 e. The van der Waals surface area contributed by atoms with Gasteiger partial charge in [0.1, 0.15) is 5.78 Å². The number of rotatable bonds is 5. The number of ether oxygens (including phenoxy) is 3. The van der Waals surface area contributed by atoms with Gasteiger partial charge in [-0.2, -0.15) is 0 Å². The van der Waals surface area contributed by atoms with Crippen molar-refractivity contribution in [2.75, 3.05) is 6.79 Å². The minimum atomic E-state index is -0.876. The van der Waals surface area contributed by atoms with Gasteiger partial charge in [0.2, 0.25) is 6.79 Å². The van der Waals surface area contributed by atoms with E-state index in [0.29, 0.717) is 36.7 Å². The van der Waals surface area contributed by atoms with Crippen molar-refractivity contribution in [3.05, 3.63) is 23.8 Å². The Balaban J connectivity index is 1.27. The van der Waals surface area contributed by atoms with E-state index in [1.165, 1.54) is 0 Å². The van der Waals surface area contributed by atoms with Crippen LogP contribution in [0.25, 0.3) is 0 Å². The Kier molecular flexibility index (Phi) is 5.24. The van der Waals surface area contributed by atoms with E-state index in [9.17, 15) is 14.4 Å². The highest BCUT2D eigenvalue weighted by Crippen LogP contribution is 2.40. The van der Waals surface area contributed by atoms with Crippen LogP contribution in [-0.4, -0.2) is 30.6 Å². The molecule has 2 bridgehead atoms. The number of benzene rings is 1. The van der Waals surface area contributed by atoms with Gasteiger partial charge in [-0.3, -0.25) is 14.4 Å². The van der Waals surface area contributed by atoms with Crippen LogP contribution in [0.4, 0.5) is 0 Å². The first-order valence-corrected chi connectivity index (χ1v) is 9.91. The van der Waals surface area contributed by atoms with Gasteiger partial charge in [0.25, 0.3) is 5.91 Å². The molecule has 1 N–H and O–H groups in total. The maximum absolute atomic E-state index is 12.5. The third-order valence-corrected chi connectivity index (χ3v) is 5.95. The van der Waals surface area contributed by atoms with Crippen LogP contribution < -0.4 is 14.8 Å². The van der Waals surface area contributed by atoms with E-state index in [1.807, 2.05) is 12.1 Å². The average Bonchev–Trinajstić information content (AvgIpc) is 3.13. The molecule has 7 nitrogen and oxygen atoms in total. The Bertz CT molecular complexity index is 775. The Morgan fingerprint density at radius 3 is 2.64 bits per heavy atom. The van der Waals surface area contributed by atoms with Crippen LogP contribution in [0.3, 0.4) is 0 Å². The number of carbonyl (C=O) groups excluding carboxylic acids is 3. The van der Waals surface area contributed by atoms with Crippen LogP contribution in [0.2, 0.25) is 0 Å². The highest BCUT2D eigenvalue weighted by Gasteiger charge is 2.42. The highest BCUT2D eigenvalue weighted by molar-refractivity contribution is 5.88. The van der Waals surface area contributed by atoms with E-state index >= 15 is 0 Å². The molecule has 0 spiro atoms. The van der Waals surface area contributed by atoms with E-state index in [0.717, 1.165) is 24.8 Å². The summed E-state index contributed by atoms with van der Waals surface area (Å²) < 4.78 is 16.0. The first-order chi connectivity index (χ1) is 13.5. The summed E-state index contributed by atoms with van der Waals surface area (Å²) in [4.78, 5) is 37.0. The number of fused-ring (bicyclic) bond motifs is 3. The number of Topliss-reactive ketones (excluding diaryl/α,β-unsaturated/α-hetero) is 1. The molecule has 1 aromatic rings. The molecule has 2 saturated carbocycles. The molecule has 2 fully saturated rings. The van der Waals surface area contributed by atoms with Crippen molar-refractivity contribution in [1.29, 1.82) is 0 Å². The molecule has 3 aliphatic rings. The van der Waals surface area contributed by atoms with Crippen LogP contribution in [0.5, 0.6) is 11.5 Å². The van der Waals surface area contributed by atoms with Gasteiger partial charge in [-0.15, -0.1) is 0 Å². The molecule has 0 saturated heterocycles. The zero-order valence-corrected chi connectivity index (χ0v) is 15.9. The fourth-order valence-corrected chi connectivity index (χ4v) is 4.38. The Hall–Kier alpha value is -2.57. The minimum absolute atomic E-state index is 0.0137. The predicted octanol–water partition coefficient (Wildman–Crippen LogP) is 2.36. The lowest BCUT2D eigenvalue weighted by molar-refractivity contribution is -0.162. The molecule has 28 heavy (non-hydrogen) atoms. The standard InChI is InChI=1S/C21H25NO6/c1-12(20(24)22-10-13-5-6-17-18(7-13)27-11-26-17)28-21(25)16-8-14-3-2-4-15(9-16)19(14)23/h5-7,12,14-16H,2-4,8-11H2,1H3,(H,22,24)/t12-,14-,15+,16?/m1/s1. The van der Waals surface area contributed by atoms with Crippen molar-refractivity contribution in [2.24, 2.45) is 17.8 Å². The van der Waals surface area contributed by atoms with Crippen molar-refractivity contribution in [1.82, 2.24) is 5.32 Å². The summed E-state index contributed by atoms with van der Waals surface area (Å²) in [5, 5.41) is 2.78. The summed E-state index contributed by atoms with van der Waals surface area (Å²) in [5.74, 6) is 0.632. The normalized spacial score (nSPS) is 26.5. The summed E-state index contributed by atoms with van der Waals surface area (Å²) in [7, 11) is 0. The molecule has 4 rings (SSSR count). The van der Waals surface area contributed by atoms with Gasteiger partial charge in [0, 0.05) is 18.4 Å². The molecule has 1 amide bonds. The first kappa shape index (κ1) is 18.8. The van der Waals surface area contributed by atoms with Crippen molar-refractivity contribution in [3.63, 3.8) is 0 Å². The number of nitrogens with one attached hydrogen (secondary N) is 1. The zero-order valence-electron chi connectivity index (χ0n) is 15.9. The molecule has 7 heteroatoms. The second kappa shape index (κ2) is 7.81. The maximum atomic E-state index is 12.5. The van der Waals surface area contributed by atoms with Crippen LogP contribution in [0.1, 0.15) is 44.6 Å². The molecule has 1 unspecified atom stereocenters. The molecule has 1 aliphatic heterocycles. The van der Waals surface area contributed by atoms with Crippen LogP contribution in [-0.2, 0) is 25.7 Å². The molecule has 0 radical (unpaired) electrons. The van der Waals surface area contributed by atoms with Crippen LogP contribution >= 0.6 is 0 Å². The second-order valence-electron chi connectivity index (χ2n) is 7.88. The quantitative estimate of drug-likeness (QED) is 0.780. The summed E-state index contributed by atoms with van der Waals surface area (Å²) in [6.07, 6.45) is 3.02. The lowest BCUT2D eigenvalue weighted by Gasteiger charge is -2.36. The number of ketones is 1. The second-order valence-corrected chi connectivity index (χ2v) is 7.88. The summed E-state index contributed by atoms with van der Waals surface area (Å²) in [6, 6.07) is 5.47. The molecule has 1 aromatic carbocycles. The highest BCUT2D eigenvalue weighted by atomic mass is 16.7. The summed E-state index contributed by atoms with van der Waals surface area (Å²) in [5.41, 5.74) is 0.870. The van der Waals surface area contributed by atoms with Gasteiger partial charge >= 0.3 is 5.97 Å². The minimum Gasteiger partial charge on any atom is -0.454 e. The number of carbonyl (C=O) groups is 3. The SMILES string of the molecule is C[C@@H](OC(=O)C1C[C@H]2CCC[C@@H](C1)C2=O)C(=O)NCc1ccc2c(c1)OCO2. The molecule has 4 atom stereocenters. The molecule has 1 heterocycles. The van der Waals surface area contributed by atoms with Crippen molar-refractivity contribution in [2.45, 2.75) is 51.7 Å². The fourth-order valence-electron chi connectivity index (χ4n) is 4.38. The third-order valence-electron chi connectivity index (χ3n) is 5.95. The predicted molar refractivity (Wildman–Crippen MR) is 98.5 cm³/mol. The lowest BCUT2D eigenvalue weighted by atomic mass is 9.67. The van der Waals surface area contributed by atoms with E-state index in [-0.39, 0.29) is 36.4 Å². The van der Waals surface area contributed by atoms with Gasteiger partial charge in [-0.1, -0.05) is 12.5 Å². The summed E-state index contributed by atoms with van der Waals surface area (Å²) >= 11 is 0. The van der Waals surface area contributed by atoms with E-state index in [1.54, 1.807) is 13.0 Å². The fraction of sp³-hybridized carbons (Fsp3) is 0.571. The average molecular weight is 387 g/mol. The molecular formula is C21H25NO6. The van der Waals surface area contributed by atoms with Gasteiger partial charge in [-0.25, -0.2) is 0 Å². The Morgan fingerprint density at radius 2 is 1.89 bits per heavy atom. The van der Waals surface area contributed by atoms with Crippen molar-refractivity contribution in [3.8, 4) is 11.5 Å². The smallest absolute Gasteiger partial charge is 0.309 e. The van der Waals surface area contributed by atoms with Crippen LogP contribution in [0, 0.1) is 17.8 Å². The van der Waals surface area contributed by atoms with Crippen LogP contribution in [0.15, 0.2) is 18.2 Å². The number of amides is 1. The number of hydrogen-bond acceptors (Lipinski definition) is 6. The third kappa shape index (κ3) is 3.84. The first-order valence-electron chi connectivity index (χ1n) is 9.91. The van der Waals surface area contributed by atoms with Crippen molar-refractivity contribution >= 4 is 17.7 Å². The Labute approximate surface area is 163 Å². The molecular weight excluding hydrogens is 362 g/mol. The lowest BCUT2D eigenvalue weighted by Crippen LogP contribution is -2.42. The van der Waals surface area contributed by atoms with Gasteiger partial charge in [0.15, 0.2) is 17.6 Å². The Morgan fingerprint density at radius 1 is 1.18 bits per heavy atom. The number of esters is 1. The van der Waals surface area contributed by atoms with Gasteiger partial charge in [-0.05, 0) is 50.3 Å². The van der Waals surface area contributed by atoms with E-state index in [4.69, 9.17) is 14.2 Å². The van der Waals surface area contributed by atoms with E-state index in [2.05, 4.69) is 5.32 Å². The van der Waals surface area contributed by atoms with Gasteiger partial charge < -0.3 is 19.5 Å².